The molecule has 1 aliphatic heterocycles. The highest BCUT2D eigenvalue weighted by molar-refractivity contribution is 6.30. The zero-order valence-corrected chi connectivity index (χ0v) is 16.4. The minimum atomic E-state index is 0.501. The van der Waals surface area contributed by atoms with Crippen LogP contribution in [0.3, 0.4) is 0 Å². The molecule has 0 bridgehead atoms. The lowest BCUT2D eigenvalue weighted by atomic mass is 9.93. The highest BCUT2D eigenvalue weighted by Gasteiger charge is 2.22. The molecule has 1 saturated heterocycles. The Labute approximate surface area is 165 Å². The van der Waals surface area contributed by atoms with Crippen LogP contribution in [0.1, 0.15) is 41.3 Å². The molecule has 0 radical (unpaired) electrons. The molecule has 0 unspecified atom stereocenters. The summed E-state index contributed by atoms with van der Waals surface area (Å²) in [5, 5.41) is 5.06. The first kappa shape index (κ1) is 18.2. The van der Waals surface area contributed by atoms with Gasteiger partial charge in [0.2, 0.25) is 0 Å². The predicted octanol–water partition coefficient (Wildman–Crippen LogP) is 4.44. The Morgan fingerprint density at radius 1 is 1.11 bits per heavy atom. The summed E-state index contributed by atoms with van der Waals surface area (Å²) in [6.45, 7) is 3.18. The van der Waals surface area contributed by atoms with Crippen LogP contribution in [0.15, 0.2) is 54.9 Å². The summed E-state index contributed by atoms with van der Waals surface area (Å²) < 4.78 is 1.87. The van der Waals surface area contributed by atoms with E-state index in [0.717, 1.165) is 36.8 Å². The summed E-state index contributed by atoms with van der Waals surface area (Å²) in [6.07, 6.45) is 7.34. The molecule has 0 aliphatic carbocycles. The summed E-state index contributed by atoms with van der Waals surface area (Å²) in [6, 6.07) is 14.5. The van der Waals surface area contributed by atoms with Gasteiger partial charge in [-0.2, -0.15) is 5.10 Å². The van der Waals surface area contributed by atoms with Gasteiger partial charge in [-0.3, -0.25) is 14.6 Å². The molecule has 2 aromatic heterocycles. The molecule has 4 nitrogen and oxygen atoms in total. The first-order valence-corrected chi connectivity index (χ1v) is 9.94. The van der Waals surface area contributed by atoms with Gasteiger partial charge in [0, 0.05) is 60.6 Å². The number of halogens is 1. The smallest absolute Gasteiger partial charge is 0.0534 e. The van der Waals surface area contributed by atoms with E-state index < -0.39 is 0 Å². The highest BCUT2D eigenvalue weighted by Crippen LogP contribution is 2.27. The third-order valence-electron chi connectivity index (χ3n) is 5.22. The molecule has 1 aromatic carbocycles. The second-order valence-electron chi connectivity index (χ2n) is 7.45. The van der Waals surface area contributed by atoms with Gasteiger partial charge in [-0.25, -0.2) is 0 Å². The molecular formula is C22H25ClN4. The van der Waals surface area contributed by atoms with E-state index in [2.05, 4.69) is 46.5 Å². The Hall–Kier alpha value is -2.17. The topological polar surface area (TPSA) is 34.0 Å². The van der Waals surface area contributed by atoms with Crippen molar-refractivity contribution in [3.8, 4) is 0 Å². The number of aryl methyl sites for hydroxylation is 1. The Morgan fingerprint density at radius 2 is 1.96 bits per heavy atom. The van der Waals surface area contributed by atoms with E-state index in [1.54, 1.807) is 0 Å². The molecule has 1 fully saturated rings. The lowest BCUT2D eigenvalue weighted by Crippen LogP contribution is -2.34. The number of pyridine rings is 1. The molecular weight excluding hydrogens is 356 g/mol. The average molecular weight is 381 g/mol. The second kappa shape index (κ2) is 8.24. The minimum Gasteiger partial charge on any atom is -0.298 e. The van der Waals surface area contributed by atoms with Gasteiger partial charge in [0.05, 0.1) is 6.20 Å². The number of hydrogen-bond acceptors (Lipinski definition) is 3. The summed E-state index contributed by atoms with van der Waals surface area (Å²) in [5.41, 5.74) is 4.87. The Bertz CT molecular complexity index is 887. The summed E-state index contributed by atoms with van der Waals surface area (Å²) >= 11 is 5.99. The van der Waals surface area contributed by atoms with Gasteiger partial charge >= 0.3 is 0 Å². The van der Waals surface area contributed by atoms with Crippen molar-refractivity contribution in [2.45, 2.75) is 31.7 Å². The summed E-state index contributed by atoms with van der Waals surface area (Å²) in [4.78, 5) is 7.51. The predicted molar refractivity (Wildman–Crippen MR) is 109 cm³/mol. The normalized spacial score (nSPS) is 17.9. The molecule has 0 saturated carbocycles. The number of benzene rings is 1. The van der Waals surface area contributed by atoms with E-state index in [1.165, 1.54) is 29.7 Å². The van der Waals surface area contributed by atoms with Gasteiger partial charge in [0.15, 0.2) is 0 Å². The van der Waals surface area contributed by atoms with Crippen molar-refractivity contribution in [2.75, 3.05) is 13.1 Å². The third-order valence-corrected chi connectivity index (χ3v) is 5.47. The van der Waals surface area contributed by atoms with Crippen LogP contribution in [0.4, 0.5) is 0 Å². The van der Waals surface area contributed by atoms with E-state index in [4.69, 9.17) is 16.6 Å². The summed E-state index contributed by atoms with van der Waals surface area (Å²) in [7, 11) is 1.97. The number of nitrogens with zero attached hydrogens (tertiary/aromatic N) is 4. The first-order valence-electron chi connectivity index (χ1n) is 9.56. The molecule has 140 valence electrons. The highest BCUT2D eigenvalue weighted by atomic mass is 35.5. The average Bonchev–Trinajstić information content (AvgIpc) is 3.09. The Kier molecular flexibility index (Phi) is 5.55. The molecule has 4 rings (SSSR count). The monoisotopic (exact) mass is 380 g/mol. The molecule has 5 heteroatoms. The quantitative estimate of drug-likeness (QED) is 0.656. The molecule has 3 aromatic rings. The van der Waals surface area contributed by atoms with Crippen LogP contribution < -0.4 is 0 Å². The standard InChI is InChI=1S/C22H25ClN4/c1-26-14-18(13-24-26)15-27-11-3-4-19(16-27)22-6-2-5-21(25-22)12-17-7-9-20(23)10-8-17/h2,5-10,13-14,19H,3-4,11-12,15-16H2,1H3/t19-/m1/s1. The Morgan fingerprint density at radius 3 is 2.74 bits per heavy atom. The molecule has 0 spiro atoms. The van der Waals surface area contributed by atoms with Crippen LogP contribution in [-0.4, -0.2) is 32.8 Å². The van der Waals surface area contributed by atoms with Gasteiger partial charge in [0.1, 0.15) is 0 Å². The van der Waals surface area contributed by atoms with Gasteiger partial charge in [-0.15, -0.1) is 0 Å². The van der Waals surface area contributed by atoms with Gasteiger partial charge < -0.3 is 0 Å². The fourth-order valence-corrected chi connectivity index (χ4v) is 4.01. The van der Waals surface area contributed by atoms with Gasteiger partial charge in [-0.1, -0.05) is 29.8 Å². The maximum absolute atomic E-state index is 5.99. The van der Waals surface area contributed by atoms with Crippen LogP contribution in [-0.2, 0) is 20.0 Å². The minimum absolute atomic E-state index is 0.501. The van der Waals surface area contributed by atoms with E-state index >= 15 is 0 Å². The van der Waals surface area contributed by atoms with Gasteiger partial charge in [-0.05, 0) is 49.2 Å². The lowest BCUT2D eigenvalue weighted by Gasteiger charge is -2.32. The van der Waals surface area contributed by atoms with Crippen molar-refractivity contribution in [1.29, 1.82) is 0 Å². The number of hydrogen-bond donors (Lipinski definition) is 0. The largest absolute Gasteiger partial charge is 0.298 e. The SMILES string of the molecule is Cn1cc(CN2CCC[C@@H](c3cccc(Cc4ccc(Cl)cc4)n3)C2)cn1. The zero-order valence-electron chi connectivity index (χ0n) is 15.7. The molecule has 3 heterocycles. The number of piperidine rings is 1. The maximum Gasteiger partial charge on any atom is 0.0534 e. The van der Waals surface area contributed by atoms with Crippen molar-refractivity contribution in [3.05, 3.63) is 82.4 Å². The molecule has 0 amide bonds. The lowest BCUT2D eigenvalue weighted by molar-refractivity contribution is 0.198. The van der Waals surface area contributed by atoms with Crippen LogP contribution in [0.5, 0.6) is 0 Å². The second-order valence-corrected chi connectivity index (χ2v) is 7.89. The van der Waals surface area contributed by atoms with Crippen LogP contribution in [0.2, 0.25) is 5.02 Å². The number of likely N-dealkylation sites (tertiary alicyclic amines) is 1. The van der Waals surface area contributed by atoms with Crippen molar-refractivity contribution in [3.63, 3.8) is 0 Å². The molecule has 27 heavy (non-hydrogen) atoms. The summed E-state index contributed by atoms with van der Waals surface area (Å²) in [5.74, 6) is 0.501. The molecule has 1 aliphatic rings. The van der Waals surface area contributed by atoms with E-state index in [0.29, 0.717) is 5.92 Å². The molecule has 1 atom stereocenters. The fourth-order valence-electron chi connectivity index (χ4n) is 3.89. The van der Waals surface area contributed by atoms with Gasteiger partial charge in [0.25, 0.3) is 0 Å². The van der Waals surface area contributed by atoms with E-state index in [1.807, 2.05) is 30.1 Å². The third kappa shape index (κ3) is 4.76. The maximum atomic E-state index is 5.99. The van der Waals surface area contributed by atoms with Crippen molar-refractivity contribution in [1.82, 2.24) is 19.7 Å². The van der Waals surface area contributed by atoms with Crippen molar-refractivity contribution in [2.24, 2.45) is 7.05 Å². The van der Waals surface area contributed by atoms with Crippen LogP contribution >= 0.6 is 11.6 Å². The van der Waals surface area contributed by atoms with E-state index in [9.17, 15) is 0 Å². The number of rotatable bonds is 5. The van der Waals surface area contributed by atoms with Crippen LogP contribution in [0.25, 0.3) is 0 Å². The molecule has 0 N–H and O–H groups in total. The number of aromatic nitrogens is 3. The van der Waals surface area contributed by atoms with Crippen molar-refractivity contribution < 1.29 is 0 Å². The van der Waals surface area contributed by atoms with Crippen molar-refractivity contribution >= 4 is 11.6 Å². The van der Waals surface area contributed by atoms with E-state index in [-0.39, 0.29) is 0 Å². The zero-order chi connectivity index (χ0) is 18.6. The fraction of sp³-hybridized carbons (Fsp3) is 0.364. The Balaban J connectivity index is 1.43. The first-order chi connectivity index (χ1) is 13.2. The van der Waals surface area contributed by atoms with Crippen LogP contribution in [0, 0.1) is 0 Å².